The molecule has 1 rings (SSSR count). The van der Waals surface area contributed by atoms with Crippen LogP contribution in [0.25, 0.3) is 0 Å². The van der Waals surface area contributed by atoms with Crippen LogP contribution in [0.4, 0.5) is 0 Å². The Balaban J connectivity index is 2.58. The molecule has 0 radical (unpaired) electrons. The Labute approximate surface area is 128 Å². The zero-order valence-electron chi connectivity index (χ0n) is 11.0. The van der Waals surface area contributed by atoms with Gasteiger partial charge < -0.3 is 5.32 Å². The summed E-state index contributed by atoms with van der Waals surface area (Å²) in [7, 11) is 0. The van der Waals surface area contributed by atoms with E-state index in [0.717, 1.165) is 21.1 Å². The number of nitrogens with one attached hydrogen (secondary N) is 1. The minimum absolute atomic E-state index is 0.00331. The fourth-order valence-electron chi connectivity index (χ4n) is 1.72. The van der Waals surface area contributed by atoms with E-state index in [2.05, 4.69) is 41.8 Å². The molecule has 100 valence electrons. The number of hydrogen-bond donors (Lipinski definition) is 1. The molecular weight excluding hydrogens is 361 g/mol. The van der Waals surface area contributed by atoms with E-state index in [4.69, 9.17) is 11.6 Å². The third kappa shape index (κ3) is 4.76. The fraction of sp³-hybridized carbons (Fsp3) is 0.500. The fourth-order valence-corrected chi connectivity index (χ4v) is 2.75. The van der Waals surface area contributed by atoms with E-state index in [-0.39, 0.29) is 11.3 Å². The summed E-state index contributed by atoms with van der Waals surface area (Å²) in [5.41, 5.74) is 1.84. The standard InChI is InChI=1S/C14H19ClINO/c1-9(2)7-11(15)8-17-14(18)12-6-4-5-10(3)13(12)16/h4-6,9,11H,7-8H2,1-3H3,(H,17,18). The smallest absolute Gasteiger partial charge is 0.252 e. The highest BCUT2D eigenvalue weighted by atomic mass is 127. The van der Waals surface area contributed by atoms with Gasteiger partial charge in [0.05, 0.1) is 10.9 Å². The second kappa shape index (κ2) is 7.34. The van der Waals surface area contributed by atoms with Crippen molar-refractivity contribution in [2.24, 2.45) is 5.92 Å². The average molecular weight is 380 g/mol. The van der Waals surface area contributed by atoms with Crippen LogP contribution in [0.5, 0.6) is 0 Å². The molecule has 1 N–H and O–H groups in total. The van der Waals surface area contributed by atoms with E-state index in [9.17, 15) is 4.79 Å². The van der Waals surface area contributed by atoms with Crippen molar-refractivity contribution in [3.8, 4) is 0 Å². The van der Waals surface area contributed by atoms with Crippen molar-refractivity contribution in [2.75, 3.05) is 6.54 Å². The van der Waals surface area contributed by atoms with Gasteiger partial charge in [0, 0.05) is 10.1 Å². The van der Waals surface area contributed by atoms with Crippen LogP contribution in [0.1, 0.15) is 36.2 Å². The lowest BCUT2D eigenvalue weighted by molar-refractivity contribution is 0.0952. The third-order valence-electron chi connectivity index (χ3n) is 2.65. The number of hydrogen-bond acceptors (Lipinski definition) is 1. The third-order valence-corrected chi connectivity index (χ3v) is 4.41. The summed E-state index contributed by atoms with van der Waals surface area (Å²) >= 11 is 8.37. The van der Waals surface area contributed by atoms with Gasteiger partial charge in [-0.25, -0.2) is 0 Å². The Hall–Kier alpha value is -0.290. The maximum atomic E-state index is 12.0. The summed E-state index contributed by atoms with van der Waals surface area (Å²) in [6.45, 7) is 6.77. The first kappa shape index (κ1) is 15.8. The quantitative estimate of drug-likeness (QED) is 0.608. The molecule has 0 aliphatic heterocycles. The molecule has 2 nitrogen and oxygen atoms in total. The molecule has 0 spiro atoms. The molecule has 0 aromatic heterocycles. The van der Waals surface area contributed by atoms with E-state index < -0.39 is 0 Å². The number of halogens is 2. The van der Waals surface area contributed by atoms with Crippen molar-refractivity contribution in [3.05, 3.63) is 32.9 Å². The number of benzene rings is 1. The lowest BCUT2D eigenvalue weighted by Crippen LogP contribution is -2.31. The van der Waals surface area contributed by atoms with Crippen molar-refractivity contribution in [2.45, 2.75) is 32.6 Å². The monoisotopic (exact) mass is 379 g/mol. The highest BCUT2D eigenvalue weighted by Gasteiger charge is 2.13. The summed E-state index contributed by atoms with van der Waals surface area (Å²) < 4.78 is 1.00. The van der Waals surface area contributed by atoms with Gasteiger partial charge in [0.2, 0.25) is 0 Å². The van der Waals surface area contributed by atoms with Crippen LogP contribution in [-0.4, -0.2) is 17.8 Å². The molecule has 1 aromatic rings. The molecule has 0 aliphatic carbocycles. The van der Waals surface area contributed by atoms with Gasteiger partial charge in [-0.05, 0) is 53.5 Å². The van der Waals surface area contributed by atoms with Gasteiger partial charge in [-0.3, -0.25) is 4.79 Å². The molecular formula is C14H19ClINO. The maximum Gasteiger partial charge on any atom is 0.252 e. The van der Waals surface area contributed by atoms with Crippen molar-refractivity contribution >= 4 is 40.1 Å². The van der Waals surface area contributed by atoms with Gasteiger partial charge in [0.1, 0.15) is 0 Å². The molecule has 0 aliphatic rings. The van der Waals surface area contributed by atoms with E-state index in [0.29, 0.717) is 12.5 Å². The summed E-state index contributed by atoms with van der Waals surface area (Å²) in [6, 6.07) is 5.75. The Morgan fingerprint density at radius 2 is 2.11 bits per heavy atom. The molecule has 1 amide bonds. The topological polar surface area (TPSA) is 29.1 Å². The SMILES string of the molecule is Cc1cccc(C(=O)NCC(Cl)CC(C)C)c1I. The van der Waals surface area contributed by atoms with Crippen molar-refractivity contribution in [1.29, 1.82) is 0 Å². The van der Waals surface area contributed by atoms with Crippen LogP contribution in [0.2, 0.25) is 0 Å². The summed E-state index contributed by atoms with van der Waals surface area (Å²) in [5.74, 6) is 0.501. The molecule has 0 saturated carbocycles. The molecule has 0 saturated heterocycles. The predicted octanol–water partition coefficient (Wildman–Crippen LogP) is 3.98. The van der Waals surface area contributed by atoms with Crippen molar-refractivity contribution in [1.82, 2.24) is 5.32 Å². The minimum Gasteiger partial charge on any atom is -0.351 e. The summed E-state index contributed by atoms with van der Waals surface area (Å²) in [5, 5.41) is 2.89. The second-order valence-corrected chi connectivity index (χ2v) is 6.57. The predicted molar refractivity (Wildman–Crippen MR) is 85.3 cm³/mol. The first-order valence-corrected chi connectivity index (χ1v) is 7.60. The highest BCUT2D eigenvalue weighted by molar-refractivity contribution is 14.1. The lowest BCUT2D eigenvalue weighted by Gasteiger charge is -2.13. The van der Waals surface area contributed by atoms with E-state index in [1.165, 1.54) is 0 Å². The van der Waals surface area contributed by atoms with Crippen LogP contribution in [0.3, 0.4) is 0 Å². The molecule has 1 atom stereocenters. The van der Waals surface area contributed by atoms with Crippen LogP contribution in [-0.2, 0) is 0 Å². The molecule has 0 bridgehead atoms. The maximum absolute atomic E-state index is 12.0. The Kier molecular flexibility index (Phi) is 6.43. The van der Waals surface area contributed by atoms with Crippen molar-refractivity contribution < 1.29 is 4.79 Å². The molecule has 0 heterocycles. The number of alkyl halides is 1. The normalized spacial score (nSPS) is 12.6. The van der Waals surface area contributed by atoms with Crippen molar-refractivity contribution in [3.63, 3.8) is 0 Å². The summed E-state index contributed by atoms with van der Waals surface area (Å²) in [6.07, 6.45) is 0.909. The first-order chi connectivity index (χ1) is 8.41. The minimum atomic E-state index is -0.0440. The van der Waals surface area contributed by atoms with Crippen LogP contribution in [0, 0.1) is 16.4 Å². The van der Waals surface area contributed by atoms with E-state index in [1.54, 1.807) is 0 Å². The Morgan fingerprint density at radius 3 is 2.72 bits per heavy atom. The Morgan fingerprint density at radius 1 is 1.44 bits per heavy atom. The summed E-state index contributed by atoms with van der Waals surface area (Å²) in [4.78, 5) is 12.0. The van der Waals surface area contributed by atoms with E-state index >= 15 is 0 Å². The Bertz CT molecular complexity index is 420. The molecule has 1 unspecified atom stereocenters. The van der Waals surface area contributed by atoms with E-state index in [1.807, 2.05) is 25.1 Å². The number of carbonyl (C=O) groups is 1. The lowest BCUT2D eigenvalue weighted by atomic mass is 10.1. The van der Waals surface area contributed by atoms with Crippen LogP contribution < -0.4 is 5.32 Å². The average Bonchev–Trinajstić information content (AvgIpc) is 2.29. The van der Waals surface area contributed by atoms with Gasteiger partial charge in [-0.15, -0.1) is 11.6 Å². The number of rotatable bonds is 5. The number of amides is 1. The van der Waals surface area contributed by atoms with Gasteiger partial charge in [-0.2, -0.15) is 0 Å². The van der Waals surface area contributed by atoms with Gasteiger partial charge >= 0.3 is 0 Å². The largest absolute Gasteiger partial charge is 0.351 e. The van der Waals surface area contributed by atoms with Gasteiger partial charge in [-0.1, -0.05) is 26.0 Å². The molecule has 4 heteroatoms. The number of carbonyl (C=O) groups excluding carboxylic acids is 1. The zero-order valence-corrected chi connectivity index (χ0v) is 13.9. The van der Waals surface area contributed by atoms with Gasteiger partial charge in [0.15, 0.2) is 0 Å². The molecule has 1 aromatic carbocycles. The highest BCUT2D eigenvalue weighted by Crippen LogP contribution is 2.16. The first-order valence-electron chi connectivity index (χ1n) is 6.09. The van der Waals surface area contributed by atoms with Crippen LogP contribution >= 0.6 is 34.2 Å². The number of aryl methyl sites for hydroxylation is 1. The molecule has 0 fully saturated rings. The van der Waals surface area contributed by atoms with Crippen LogP contribution in [0.15, 0.2) is 18.2 Å². The second-order valence-electron chi connectivity index (χ2n) is 4.87. The van der Waals surface area contributed by atoms with Gasteiger partial charge in [0.25, 0.3) is 5.91 Å². The molecule has 18 heavy (non-hydrogen) atoms. The zero-order chi connectivity index (χ0) is 13.7.